The third-order valence-electron chi connectivity index (χ3n) is 10.5. The largest absolute Gasteiger partial charge is 0.543 e. The minimum Gasteiger partial charge on any atom is -0.543 e. The van der Waals surface area contributed by atoms with Crippen molar-refractivity contribution < 1.29 is 19.1 Å². The molecular formula is C38H55N5O4Si2. The zero-order chi connectivity index (χ0) is 36.0. The average Bonchev–Trinajstić information content (AvgIpc) is 3.63. The van der Waals surface area contributed by atoms with Gasteiger partial charge in [-0.3, -0.25) is 4.90 Å². The summed E-state index contributed by atoms with van der Waals surface area (Å²) in [5, 5.41) is 12.6. The van der Waals surface area contributed by atoms with Crippen molar-refractivity contribution in [2.45, 2.75) is 110 Å². The molecule has 0 unspecified atom stereocenters. The Kier molecular flexibility index (Phi) is 9.97. The Morgan fingerprint density at radius 2 is 1.55 bits per heavy atom. The maximum atomic E-state index is 12.6. The standard InChI is InChI=1S/C38H55N5O4Si2/c1-36(2,3)38(17-12-18-43(38)35(44)45)34-41-25-32(42(34)26-46-19-20-48(7,8)9)30-23-39-33(40-24-30)29-14-13-28-22-31(16-15-27(28)21-29)47-49(10,11)37(4,5)6/h13-16,21-25H,12,17-20,26H2,1-11H3,(H,44,45)/t38-/m1/s1. The number of carboxylic acid groups (broad SMARTS) is 1. The summed E-state index contributed by atoms with van der Waals surface area (Å²) in [6.07, 6.45) is 6.02. The summed E-state index contributed by atoms with van der Waals surface area (Å²) >= 11 is 0. The Labute approximate surface area is 294 Å². The molecule has 0 bridgehead atoms. The highest BCUT2D eigenvalue weighted by Crippen LogP contribution is 2.51. The molecule has 1 fully saturated rings. The fourth-order valence-corrected chi connectivity index (χ4v) is 8.29. The topological polar surface area (TPSA) is 103 Å². The maximum Gasteiger partial charge on any atom is 0.408 e. The molecule has 9 nitrogen and oxygen atoms in total. The Morgan fingerprint density at radius 1 is 0.898 bits per heavy atom. The van der Waals surface area contributed by atoms with E-state index in [1.807, 2.05) is 18.6 Å². The van der Waals surface area contributed by atoms with E-state index in [0.29, 0.717) is 31.2 Å². The van der Waals surface area contributed by atoms with Crippen LogP contribution in [-0.2, 0) is 17.0 Å². The van der Waals surface area contributed by atoms with E-state index in [4.69, 9.17) is 24.1 Å². The van der Waals surface area contributed by atoms with Gasteiger partial charge in [-0.1, -0.05) is 79.4 Å². The molecule has 264 valence electrons. The molecule has 11 heteroatoms. The first kappa shape index (κ1) is 36.7. The van der Waals surface area contributed by atoms with Crippen molar-refractivity contribution >= 4 is 33.3 Å². The molecule has 1 saturated heterocycles. The van der Waals surface area contributed by atoms with E-state index in [2.05, 4.69) is 115 Å². The second-order valence-corrected chi connectivity index (χ2v) is 27.6. The summed E-state index contributed by atoms with van der Waals surface area (Å²) in [5.41, 5.74) is 1.32. The summed E-state index contributed by atoms with van der Waals surface area (Å²) in [4.78, 5) is 28.7. The van der Waals surface area contributed by atoms with Gasteiger partial charge in [-0.15, -0.1) is 0 Å². The Bertz CT molecular complexity index is 1800. The van der Waals surface area contributed by atoms with Crippen LogP contribution in [0.4, 0.5) is 4.79 Å². The third kappa shape index (κ3) is 7.49. The Hall–Kier alpha value is -3.55. The number of amides is 1. The number of imidazole rings is 1. The second kappa shape index (κ2) is 13.3. The molecule has 0 aliphatic carbocycles. The lowest BCUT2D eigenvalue weighted by molar-refractivity contribution is 0.00957. The lowest BCUT2D eigenvalue weighted by Crippen LogP contribution is -2.54. The van der Waals surface area contributed by atoms with Crippen LogP contribution in [0.5, 0.6) is 5.75 Å². The number of likely N-dealkylation sites (tertiary alicyclic amines) is 1. The molecular weight excluding hydrogens is 647 g/mol. The molecule has 2 aromatic carbocycles. The zero-order valence-corrected chi connectivity index (χ0v) is 33.3. The van der Waals surface area contributed by atoms with Crippen LogP contribution in [-0.4, -0.2) is 65.2 Å². The first-order valence-electron chi connectivity index (χ1n) is 17.4. The van der Waals surface area contributed by atoms with Crippen molar-refractivity contribution in [1.29, 1.82) is 0 Å². The Balaban J connectivity index is 1.47. The van der Waals surface area contributed by atoms with Crippen LogP contribution in [0.1, 0.15) is 60.2 Å². The van der Waals surface area contributed by atoms with E-state index < -0.39 is 33.4 Å². The number of aromatic nitrogens is 4. The number of nitrogens with zero attached hydrogens (tertiary/aromatic N) is 5. The van der Waals surface area contributed by atoms with E-state index in [1.54, 1.807) is 4.90 Å². The molecule has 1 N–H and O–H groups in total. The van der Waals surface area contributed by atoms with Crippen LogP contribution in [0.3, 0.4) is 0 Å². The predicted molar refractivity (Wildman–Crippen MR) is 203 cm³/mol. The lowest BCUT2D eigenvalue weighted by Gasteiger charge is -2.46. The SMILES string of the molecule is CC(C)(C)[C@]1(c2ncc(-c3cnc(-c4ccc5cc(O[Si](C)(C)C(C)(C)C)ccc5c4)nc3)n2COCC[Si](C)(C)C)CCCN1C(=O)O. The van der Waals surface area contributed by atoms with Gasteiger partial charge in [-0.25, -0.2) is 19.7 Å². The van der Waals surface area contributed by atoms with Crippen molar-refractivity contribution in [2.24, 2.45) is 5.41 Å². The van der Waals surface area contributed by atoms with Gasteiger partial charge in [-0.2, -0.15) is 0 Å². The molecule has 0 spiro atoms. The van der Waals surface area contributed by atoms with Crippen LogP contribution < -0.4 is 4.43 Å². The van der Waals surface area contributed by atoms with E-state index in [9.17, 15) is 9.90 Å². The summed E-state index contributed by atoms with van der Waals surface area (Å²) in [6, 6.07) is 13.6. The minimum atomic E-state index is -1.94. The number of carbonyl (C=O) groups is 1. The summed E-state index contributed by atoms with van der Waals surface area (Å²) in [6.45, 7) is 25.9. The van der Waals surface area contributed by atoms with Crippen LogP contribution in [0.2, 0.25) is 43.8 Å². The van der Waals surface area contributed by atoms with Gasteiger partial charge in [0, 0.05) is 44.7 Å². The fraction of sp³-hybridized carbons (Fsp3) is 0.526. The zero-order valence-electron chi connectivity index (χ0n) is 31.3. The molecule has 4 aromatic rings. The first-order valence-corrected chi connectivity index (χ1v) is 24.1. The van der Waals surface area contributed by atoms with Crippen LogP contribution in [0, 0.1) is 5.41 Å². The van der Waals surface area contributed by atoms with Gasteiger partial charge >= 0.3 is 6.09 Å². The van der Waals surface area contributed by atoms with E-state index in [-0.39, 0.29) is 11.8 Å². The van der Waals surface area contributed by atoms with Crippen molar-refractivity contribution in [2.75, 3.05) is 13.2 Å². The monoisotopic (exact) mass is 701 g/mol. The van der Waals surface area contributed by atoms with Crippen LogP contribution >= 0.6 is 0 Å². The van der Waals surface area contributed by atoms with Crippen LogP contribution in [0.25, 0.3) is 33.4 Å². The first-order chi connectivity index (χ1) is 22.7. The number of hydrogen-bond acceptors (Lipinski definition) is 6. The molecule has 1 atom stereocenters. The summed E-state index contributed by atoms with van der Waals surface area (Å²) < 4.78 is 14.9. The maximum absolute atomic E-state index is 12.6. The number of fused-ring (bicyclic) bond motifs is 1. The molecule has 5 rings (SSSR count). The van der Waals surface area contributed by atoms with Gasteiger partial charge in [0.1, 0.15) is 23.8 Å². The van der Waals surface area contributed by atoms with Crippen molar-refractivity contribution in [1.82, 2.24) is 24.4 Å². The smallest absolute Gasteiger partial charge is 0.408 e. The molecule has 1 aliphatic rings. The predicted octanol–water partition coefficient (Wildman–Crippen LogP) is 9.87. The van der Waals surface area contributed by atoms with E-state index >= 15 is 0 Å². The highest BCUT2D eigenvalue weighted by atomic mass is 28.4. The second-order valence-electron chi connectivity index (χ2n) is 17.3. The number of benzene rings is 2. The Morgan fingerprint density at radius 3 is 2.16 bits per heavy atom. The quantitative estimate of drug-likeness (QED) is 0.130. The van der Waals surface area contributed by atoms with Gasteiger partial charge in [0.2, 0.25) is 8.32 Å². The van der Waals surface area contributed by atoms with Crippen molar-refractivity contribution in [3.8, 4) is 28.4 Å². The van der Waals surface area contributed by atoms with Crippen molar-refractivity contribution in [3.05, 3.63) is 60.8 Å². The molecule has 49 heavy (non-hydrogen) atoms. The van der Waals surface area contributed by atoms with Gasteiger partial charge in [0.15, 0.2) is 5.82 Å². The average molecular weight is 702 g/mol. The summed E-state index contributed by atoms with van der Waals surface area (Å²) in [5.74, 6) is 2.24. The molecule has 0 radical (unpaired) electrons. The molecule has 0 saturated carbocycles. The van der Waals surface area contributed by atoms with Gasteiger partial charge in [0.25, 0.3) is 0 Å². The molecule has 1 amide bonds. The highest BCUT2D eigenvalue weighted by molar-refractivity contribution is 6.76. The van der Waals surface area contributed by atoms with E-state index in [0.717, 1.165) is 45.8 Å². The van der Waals surface area contributed by atoms with Crippen molar-refractivity contribution in [3.63, 3.8) is 0 Å². The lowest BCUT2D eigenvalue weighted by atomic mass is 9.71. The number of rotatable bonds is 10. The van der Waals surface area contributed by atoms with E-state index in [1.165, 1.54) is 0 Å². The number of hydrogen-bond donors (Lipinski definition) is 1. The van der Waals surface area contributed by atoms with Crippen LogP contribution in [0.15, 0.2) is 55.0 Å². The minimum absolute atomic E-state index is 0.124. The normalized spacial score (nSPS) is 17.6. The third-order valence-corrected chi connectivity index (χ3v) is 16.6. The fourth-order valence-electron chi connectivity index (χ4n) is 6.51. The molecule has 2 aromatic heterocycles. The van der Waals surface area contributed by atoms with Gasteiger partial charge in [-0.05, 0) is 71.4 Å². The molecule has 3 heterocycles. The highest BCUT2D eigenvalue weighted by Gasteiger charge is 2.56. The molecule has 1 aliphatic heterocycles. The van der Waals surface area contributed by atoms with Gasteiger partial charge < -0.3 is 18.8 Å². The van der Waals surface area contributed by atoms with Gasteiger partial charge in [0.05, 0.1) is 11.9 Å². The number of ether oxygens (including phenoxy) is 1. The summed E-state index contributed by atoms with van der Waals surface area (Å²) in [7, 11) is -3.24.